The second kappa shape index (κ2) is 13.7. The number of hydrogen-bond acceptors (Lipinski definition) is 5. The van der Waals surface area contributed by atoms with Gasteiger partial charge >= 0.3 is 0 Å². The average Bonchev–Trinajstić information content (AvgIpc) is 2.70. The van der Waals surface area contributed by atoms with Gasteiger partial charge in [-0.05, 0) is 31.4 Å². The lowest BCUT2D eigenvalue weighted by atomic mass is 10.0. The lowest BCUT2D eigenvalue weighted by Gasteiger charge is -2.39. The van der Waals surface area contributed by atoms with Crippen LogP contribution in [-0.4, -0.2) is 72.6 Å². The van der Waals surface area contributed by atoms with Crippen molar-refractivity contribution in [2.75, 3.05) is 50.8 Å². The fourth-order valence-corrected chi connectivity index (χ4v) is 4.66. The van der Waals surface area contributed by atoms with Crippen molar-refractivity contribution < 1.29 is 9.53 Å². The molecule has 2 aliphatic heterocycles. The van der Waals surface area contributed by atoms with Crippen molar-refractivity contribution in [3.8, 4) is 0 Å². The lowest BCUT2D eigenvalue weighted by molar-refractivity contribution is -0.140. The highest BCUT2D eigenvalue weighted by atomic mass is 35.5. The van der Waals surface area contributed by atoms with Gasteiger partial charge in [0.15, 0.2) is 0 Å². The van der Waals surface area contributed by atoms with Gasteiger partial charge < -0.3 is 15.4 Å². The van der Waals surface area contributed by atoms with Crippen LogP contribution in [0.25, 0.3) is 0 Å². The third-order valence-electron chi connectivity index (χ3n) is 5.22. The second-order valence-electron chi connectivity index (χ2n) is 7.00. The highest BCUT2D eigenvalue weighted by Crippen LogP contribution is 2.28. The number of benzene rings is 1. The molecule has 1 amide bonds. The molecule has 160 valence electrons. The molecule has 0 saturated carbocycles. The van der Waals surface area contributed by atoms with Crippen molar-refractivity contribution in [3.05, 3.63) is 35.9 Å². The molecule has 1 aromatic carbocycles. The van der Waals surface area contributed by atoms with Gasteiger partial charge in [0.2, 0.25) is 5.91 Å². The minimum atomic E-state index is -0.146. The lowest BCUT2D eigenvalue weighted by Crippen LogP contribution is -2.49. The van der Waals surface area contributed by atoms with Crippen LogP contribution in [0.3, 0.4) is 0 Å². The fourth-order valence-electron chi connectivity index (χ4n) is 3.73. The number of piperidine rings is 1. The van der Waals surface area contributed by atoms with E-state index in [1.807, 2.05) is 34.9 Å². The number of nitrogens with two attached hydrogens (primary N) is 1. The van der Waals surface area contributed by atoms with Crippen molar-refractivity contribution in [2.24, 2.45) is 5.73 Å². The van der Waals surface area contributed by atoms with Gasteiger partial charge in [0.25, 0.3) is 0 Å². The van der Waals surface area contributed by atoms with E-state index in [1.54, 1.807) is 0 Å². The van der Waals surface area contributed by atoms with Gasteiger partial charge in [0.1, 0.15) is 6.04 Å². The van der Waals surface area contributed by atoms with E-state index in [2.05, 4.69) is 17.0 Å². The maximum atomic E-state index is 13.4. The molecular formula is C20H33Cl2N3O2S. The van der Waals surface area contributed by atoms with Crippen molar-refractivity contribution in [1.29, 1.82) is 0 Å². The average molecular weight is 450 g/mol. The summed E-state index contributed by atoms with van der Waals surface area (Å²) in [4.78, 5) is 17.8. The summed E-state index contributed by atoms with van der Waals surface area (Å²) in [6, 6.07) is 10.1. The highest BCUT2D eigenvalue weighted by molar-refractivity contribution is 7.99. The van der Waals surface area contributed by atoms with E-state index < -0.39 is 0 Å². The molecule has 1 aromatic rings. The molecule has 5 nitrogen and oxygen atoms in total. The maximum absolute atomic E-state index is 13.4. The Balaban J connectivity index is 0.00000196. The molecule has 0 aromatic heterocycles. The first-order valence-electron chi connectivity index (χ1n) is 9.77. The number of thioether (sulfide) groups is 1. The van der Waals surface area contributed by atoms with Gasteiger partial charge in [-0.25, -0.2) is 0 Å². The number of carbonyl (C=O) groups excluding carboxylic acids is 1. The van der Waals surface area contributed by atoms with Crippen molar-refractivity contribution in [3.63, 3.8) is 0 Å². The Labute approximate surface area is 185 Å². The predicted molar refractivity (Wildman–Crippen MR) is 122 cm³/mol. The van der Waals surface area contributed by atoms with Crippen LogP contribution < -0.4 is 5.73 Å². The normalized spacial score (nSPS) is 19.4. The number of nitrogens with zero attached hydrogens (tertiary/aromatic N) is 2. The van der Waals surface area contributed by atoms with Crippen molar-refractivity contribution >= 4 is 42.5 Å². The summed E-state index contributed by atoms with van der Waals surface area (Å²) in [6.07, 6.45) is 3.02. The largest absolute Gasteiger partial charge is 0.378 e. The van der Waals surface area contributed by atoms with Crippen LogP contribution in [0.2, 0.25) is 0 Å². The monoisotopic (exact) mass is 449 g/mol. The second-order valence-corrected chi connectivity index (χ2v) is 8.22. The molecule has 8 heteroatoms. The first-order valence-corrected chi connectivity index (χ1v) is 10.9. The number of amides is 1. The number of likely N-dealkylation sites (tertiary alicyclic amines) is 1. The summed E-state index contributed by atoms with van der Waals surface area (Å²) in [6.45, 7) is 4.94. The van der Waals surface area contributed by atoms with E-state index in [9.17, 15) is 4.79 Å². The molecule has 0 bridgehead atoms. The zero-order valence-electron chi connectivity index (χ0n) is 16.3. The Morgan fingerprint density at radius 1 is 1.11 bits per heavy atom. The Kier molecular flexibility index (Phi) is 12.5. The fraction of sp³-hybridized carbons (Fsp3) is 0.650. The van der Waals surface area contributed by atoms with Crippen LogP contribution in [-0.2, 0) is 9.53 Å². The summed E-state index contributed by atoms with van der Waals surface area (Å²) in [7, 11) is 0. The van der Waals surface area contributed by atoms with Gasteiger partial charge in [0, 0.05) is 44.3 Å². The molecule has 3 rings (SSSR count). The zero-order chi connectivity index (χ0) is 18.2. The minimum Gasteiger partial charge on any atom is -0.378 e. The van der Waals surface area contributed by atoms with Crippen LogP contribution in [0.15, 0.2) is 30.3 Å². The Hall–Kier alpha value is -0.500. The highest BCUT2D eigenvalue weighted by Gasteiger charge is 2.34. The molecule has 2 aliphatic rings. The van der Waals surface area contributed by atoms with E-state index in [1.165, 1.54) is 0 Å². The van der Waals surface area contributed by atoms with E-state index in [0.29, 0.717) is 6.54 Å². The van der Waals surface area contributed by atoms with E-state index >= 15 is 0 Å². The van der Waals surface area contributed by atoms with E-state index in [0.717, 1.165) is 69.1 Å². The van der Waals surface area contributed by atoms with Crippen LogP contribution in [0.4, 0.5) is 0 Å². The SMILES string of the molecule is Cl.Cl.NCCCOC1CCN(C(=O)C(c2ccccc2)N2CCSCC2)CC1. The first-order chi connectivity index (χ1) is 12.8. The van der Waals surface area contributed by atoms with Crippen molar-refractivity contribution in [1.82, 2.24) is 9.80 Å². The van der Waals surface area contributed by atoms with Crippen molar-refractivity contribution in [2.45, 2.75) is 31.4 Å². The van der Waals surface area contributed by atoms with Crippen LogP contribution >= 0.6 is 36.6 Å². The van der Waals surface area contributed by atoms with E-state index in [4.69, 9.17) is 10.5 Å². The van der Waals surface area contributed by atoms with Crippen LogP contribution in [0.5, 0.6) is 0 Å². The summed E-state index contributed by atoms with van der Waals surface area (Å²) in [5.74, 6) is 2.46. The topological polar surface area (TPSA) is 58.8 Å². The van der Waals surface area contributed by atoms with Gasteiger partial charge in [-0.15, -0.1) is 24.8 Å². The quantitative estimate of drug-likeness (QED) is 0.648. The third kappa shape index (κ3) is 7.08. The number of rotatable bonds is 7. The summed E-state index contributed by atoms with van der Waals surface area (Å²) >= 11 is 1.98. The minimum absolute atomic E-state index is 0. The number of ether oxygens (including phenoxy) is 1. The first kappa shape index (κ1) is 25.5. The molecule has 2 heterocycles. The van der Waals surface area contributed by atoms with Crippen LogP contribution in [0.1, 0.15) is 30.9 Å². The molecule has 0 radical (unpaired) electrons. The predicted octanol–water partition coefficient (Wildman–Crippen LogP) is 2.98. The molecule has 0 spiro atoms. The van der Waals surface area contributed by atoms with E-state index in [-0.39, 0.29) is 42.9 Å². The molecule has 0 aliphatic carbocycles. The molecule has 1 unspecified atom stereocenters. The van der Waals surface area contributed by atoms with Gasteiger partial charge in [-0.1, -0.05) is 30.3 Å². The zero-order valence-corrected chi connectivity index (χ0v) is 18.8. The number of carbonyl (C=O) groups is 1. The van der Waals surface area contributed by atoms with Crippen LogP contribution in [0, 0.1) is 0 Å². The molecule has 28 heavy (non-hydrogen) atoms. The Morgan fingerprint density at radius 2 is 1.75 bits per heavy atom. The van der Waals surface area contributed by atoms with Gasteiger partial charge in [-0.3, -0.25) is 9.69 Å². The summed E-state index contributed by atoms with van der Waals surface area (Å²) in [5, 5.41) is 0. The third-order valence-corrected chi connectivity index (χ3v) is 6.16. The molecule has 2 saturated heterocycles. The summed E-state index contributed by atoms with van der Waals surface area (Å²) < 4.78 is 5.88. The smallest absolute Gasteiger partial charge is 0.244 e. The standard InChI is InChI=1S/C20H31N3O2S.2ClH/c21-9-4-14-25-18-7-10-23(11-8-18)20(24)19(17-5-2-1-3-6-17)22-12-15-26-16-13-22;;/h1-3,5-6,18-19H,4,7-16,21H2;2*1H. The molecule has 1 atom stereocenters. The molecular weight excluding hydrogens is 417 g/mol. The van der Waals surface area contributed by atoms with Gasteiger partial charge in [0.05, 0.1) is 6.10 Å². The Bertz CT molecular complexity index is 554. The summed E-state index contributed by atoms with van der Waals surface area (Å²) in [5.41, 5.74) is 6.64. The molecule has 2 fully saturated rings. The number of halogens is 2. The molecule has 2 N–H and O–H groups in total. The van der Waals surface area contributed by atoms with Gasteiger partial charge in [-0.2, -0.15) is 11.8 Å². The Morgan fingerprint density at radius 3 is 2.36 bits per heavy atom. The maximum Gasteiger partial charge on any atom is 0.244 e. The number of hydrogen-bond donors (Lipinski definition) is 1.